The predicted molar refractivity (Wildman–Crippen MR) is 129 cm³/mol. The van der Waals surface area contributed by atoms with Crippen LogP contribution in [0, 0.1) is 11.8 Å². The normalized spacial score (nSPS) is 23.0. The molecule has 4 rings (SSSR count). The van der Waals surface area contributed by atoms with Crippen LogP contribution in [0.1, 0.15) is 41.1 Å². The van der Waals surface area contributed by atoms with E-state index in [0.717, 1.165) is 0 Å². The van der Waals surface area contributed by atoms with Gasteiger partial charge in [-0.3, -0.25) is 9.59 Å². The highest BCUT2D eigenvalue weighted by Gasteiger charge is 2.67. The number of amides is 1. The standard InChI is InChI=1S/C22H15Cl6F2NO2/c23-13-2-1-11(6-12(13)16(32)3-9-7-21(29,30)8-9)31-20(33)18-17(22(18,27)28)10-4-14(24)19(26)15(25)5-10/h1-2,4-6,9,17-18H,3,7-8H2,(H,31,33). The number of Topliss-reactive ketones (excluding diaryl/α,β-unsaturated/α-hetero) is 1. The van der Waals surface area contributed by atoms with Gasteiger partial charge in [0.1, 0.15) is 4.33 Å². The minimum absolute atomic E-state index is 0.0397. The first-order valence-electron chi connectivity index (χ1n) is 9.84. The lowest BCUT2D eigenvalue weighted by Crippen LogP contribution is -2.36. The molecule has 11 heteroatoms. The van der Waals surface area contributed by atoms with Crippen molar-refractivity contribution in [3.63, 3.8) is 0 Å². The first-order valence-corrected chi connectivity index (χ1v) is 12.1. The monoisotopic (exact) mass is 573 g/mol. The van der Waals surface area contributed by atoms with E-state index in [-0.39, 0.29) is 56.6 Å². The molecule has 0 bridgehead atoms. The van der Waals surface area contributed by atoms with Crippen LogP contribution in [0.4, 0.5) is 14.5 Å². The minimum atomic E-state index is -2.71. The van der Waals surface area contributed by atoms with Gasteiger partial charge in [0.15, 0.2) is 5.78 Å². The first-order chi connectivity index (χ1) is 15.3. The highest BCUT2D eigenvalue weighted by molar-refractivity contribution is 6.54. The summed E-state index contributed by atoms with van der Waals surface area (Å²) in [5, 5.41) is 3.45. The van der Waals surface area contributed by atoms with Crippen LogP contribution in [-0.4, -0.2) is 21.9 Å². The van der Waals surface area contributed by atoms with Crippen LogP contribution in [0.5, 0.6) is 0 Å². The Morgan fingerprint density at radius 2 is 1.58 bits per heavy atom. The number of rotatable bonds is 6. The van der Waals surface area contributed by atoms with Crippen LogP contribution in [0.15, 0.2) is 30.3 Å². The molecule has 0 aliphatic heterocycles. The number of nitrogens with one attached hydrogen (secondary N) is 1. The number of carbonyl (C=O) groups excluding carboxylic acids is 2. The summed E-state index contributed by atoms with van der Waals surface area (Å²) in [6, 6.07) is 7.49. The Kier molecular flexibility index (Phi) is 6.89. The lowest BCUT2D eigenvalue weighted by atomic mass is 9.77. The number of ketones is 1. The number of anilines is 1. The number of carbonyl (C=O) groups is 2. The van der Waals surface area contributed by atoms with E-state index >= 15 is 0 Å². The van der Waals surface area contributed by atoms with E-state index in [1.165, 1.54) is 18.2 Å². The molecule has 176 valence electrons. The molecule has 2 aromatic carbocycles. The molecule has 2 aliphatic rings. The van der Waals surface area contributed by atoms with Crippen molar-refractivity contribution in [3.05, 3.63) is 61.5 Å². The van der Waals surface area contributed by atoms with Crippen LogP contribution in [0.3, 0.4) is 0 Å². The van der Waals surface area contributed by atoms with Crippen molar-refractivity contribution in [2.24, 2.45) is 11.8 Å². The Balaban J connectivity index is 1.47. The molecule has 2 aliphatic carbocycles. The highest BCUT2D eigenvalue weighted by Crippen LogP contribution is 2.65. The summed E-state index contributed by atoms with van der Waals surface area (Å²) in [6.45, 7) is 0. The number of hydrogen-bond donors (Lipinski definition) is 1. The SMILES string of the molecule is O=C(CC1CC(F)(F)C1)c1cc(NC(=O)C2C(c3cc(Cl)c(Cl)c(Cl)c3)C2(Cl)Cl)ccc1Cl. The Bertz CT molecular complexity index is 1120. The van der Waals surface area contributed by atoms with E-state index < -0.39 is 28.0 Å². The largest absolute Gasteiger partial charge is 0.326 e. The van der Waals surface area contributed by atoms with Crippen LogP contribution < -0.4 is 5.32 Å². The second-order valence-corrected chi connectivity index (χ2v) is 11.4. The Morgan fingerprint density at radius 3 is 2.15 bits per heavy atom. The smallest absolute Gasteiger partial charge is 0.248 e. The summed E-state index contributed by atoms with van der Waals surface area (Å²) in [4.78, 5) is 25.5. The predicted octanol–water partition coefficient (Wildman–Crippen LogP) is 8.44. The Hall–Kier alpha value is -0.820. The first kappa shape index (κ1) is 25.3. The molecule has 0 radical (unpaired) electrons. The molecule has 2 aromatic rings. The van der Waals surface area contributed by atoms with Gasteiger partial charge >= 0.3 is 0 Å². The zero-order valence-electron chi connectivity index (χ0n) is 16.6. The minimum Gasteiger partial charge on any atom is -0.326 e. The maximum atomic E-state index is 13.1. The molecule has 3 nitrogen and oxygen atoms in total. The van der Waals surface area contributed by atoms with E-state index in [2.05, 4.69) is 5.32 Å². The van der Waals surface area contributed by atoms with Gasteiger partial charge in [-0.25, -0.2) is 8.78 Å². The van der Waals surface area contributed by atoms with Crippen molar-refractivity contribution in [1.82, 2.24) is 0 Å². The van der Waals surface area contributed by atoms with Crippen molar-refractivity contribution < 1.29 is 18.4 Å². The summed E-state index contributed by atoms with van der Waals surface area (Å²) in [5.41, 5.74) is 1.01. The van der Waals surface area contributed by atoms with Gasteiger partial charge in [-0.15, -0.1) is 23.2 Å². The molecule has 2 atom stereocenters. The molecule has 0 saturated heterocycles. The van der Waals surface area contributed by atoms with E-state index in [0.29, 0.717) is 11.3 Å². The summed E-state index contributed by atoms with van der Waals surface area (Å²) >= 11 is 37.0. The molecule has 2 unspecified atom stereocenters. The molecule has 1 N–H and O–H groups in total. The zero-order chi connectivity index (χ0) is 24.3. The van der Waals surface area contributed by atoms with Crippen molar-refractivity contribution >= 4 is 87.0 Å². The summed E-state index contributed by atoms with van der Waals surface area (Å²) in [7, 11) is 0. The van der Waals surface area contributed by atoms with Crippen LogP contribution >= 0.6 is 69.6 Å². The summed E-state index contributed by atoms with van der Waals surface area (Å²) < 4.78 is 24.7. The second kappa shape index (κ2) is 9.00. The van der Waals surface area contributed by atoms with Gasteiger partial charge in [0.2, 0.25) is 11.8 Å². The van der Waals surface area contributed by atoms with Crippen molar-refractivity contribution in [1.29, 1.82) is 0 Å². The van der Waals surface area contributed by atoms with Crippen LogP contribution in [-0.2, 0) is 4.79 Å². The van der Waals surface area contributed by atoms with E-state index in [9.17, 15) is 18.4 Å². The Morgan fingerprint density at radius 1 is 0.970 bits per heavy atom. The molecule has 0 aromatic heterocycles. The molecular weight excluding hydrogens is 561 g/mol. The number of hydrogen-bond acceptors (Lipinski definition) is 2. The van der Waals surface area contributed by atoms with Crippen LogP contribution in [0.25, 0.3) is 0 Å². The van der Waals surface area contributed by atoms with Gasteiger partial charge in [0.25, 0.3) is 0 Å². The summed E-state index contributed by atoms with van der Waals surface area (Å²) in [5.74, 6) is -5.34. The van der Waals surface area contributed by atoms with E-state index in [1.54, 1.807) is 12.1 Å². The van der Waals surface area contributed by atoms with Gasteiger partial charge in [-0.05, 0) is 41.8 Å². The average molecular weight is 576 g/mol. The lowest BCUT2D eigenvalue weighted by Gasteiger charge is -2.34. The second-order valence-electron chi connectivity index (χ2n) is 8.37. The van der Waals surface area contributed by atoms with E-state index in [4.69, 9.17) is 69.6 Å². The molecule has 0 heterocycles. The molecule has 1 amide bonds. The average Bonchev–Trinajstić information content (AvgIpc) is 3.27. The molecule has 33 heavy (non-hydrogen) atoms. The maximum absolute atomic E-state index is 13.1. The molecule has 0 spiro atoms. The van der Waals surface area contributed by atoms with Gasteiger partial charge in [-0.1, -0.05) is 46.4 Å². The third-order valence-corrected chi connectivity index (χ3v) is 8.35. The van der Waals surface area contributed by atoms with E-state index in [1.807, 2.05) is 0 Å². The van der Waals surface area contributed by atoms with Gasteiger partial charge in [0.05, 0.1) is 26.0 Å². The maximum Gasteiger partial charge on any atom is 0.248 e. The highest BCUT2D eigenvalue weighted by atomic mass is 35.5. The third-order valence-electron chi connectivity index (χ3n) is 5.88. The van der Waals surface area contributed by atoms with Crippen molar-refractivity contribution in [3.8, 4) is 0 Å². The van der Waals surface area contributed by atoms with Gasteiger partial charge in [0, 0.05) is 36.4 Å². The van der Waals surface area contributed by atoms with Crippen LogP contribution in [0.2, 0.25) is 20.1 Å². The molecule has 2 saturated carbocycles. The number of halogens is 8. The lowest BCUT2D eigenvalue weighted by molar-refractivity contribution is -0.117. The van der Waals surface area contributed by atoms with Crippen molar-refractivity contribution in [2.75, 3.05) is 5.32 Å². The Labute approximate surface area is 218 Å². The quantitative estimate of drug-likeness (QED) is 0.213. The fourth-order valence-corrected chi connectivity index (χ4v) is 5.82. The van der Waals surface area contributed by atoms with Gasteiger partial charge < -0.3 is 5.32 Å². The number of benzene rings is 2. The fourth-order valence-electron chi connectivity index (χ4n) is 4.16. The third kappa shape index (κ3) is 5.10. The van der Waals surface area contributed by atoms with Gasteiger partial charge in [-0.2, -0.15) is 0 Å². The fraction of sp³-hybridized carbons (Fsp3) is 0.364. The topological polar surface area (TPSA) is 46.2 Å². The molecular formula is C22H15Cl6F2NO2. The molecule has 2 fully saturated rings. The summed E-state index contributed by atoms with van der Waals surface area (Å²) in [6.07, 6.45) is -0.674. The number of alkyl halides is 4. The zero-order valence-corrected chi connectivity index (χ0v) is 21.1. The van der Waals surface area contributed by atoms with Crippen molar-refractivity contribution in [2.45, 2.75) is 35.4 Å².